The number of methoxy groups -OCH3 is 1. The van der Waals surface area contributed by atoms with Crippen LogP contribution in [0.4, 0.5) is 22.4 Å². The van der Waals surface area contributed by atoms with Gasteiger partial charge in [-0.3, -0.25) is 5.32 Å². The Morgan fingerprint density at radius 1 is 0.974 bits per heavy atom. The van der Waals surface area contributed by atoms with E-state index in [0.717, 1.165) is 24.0 Å². The highest BCUT2D eigenvalue weighted by atomic mass is 16.6. The molecule has 4 heterocycles. The van der Waals surface area contributed by atoms with Crippen molar-refractivity contribution in [2.75, 3.05) is 36.3 Å². The molecule has 1 amide bonds. The van der Waals surface area contributed by atoms with Crippen LogP contribution in [0, 0.1) is 11.3 Å². The maximum atomic E-state index is 12.4. The fourth-order valence-electron chi connectivity index (χ4n) is 4.16. The number of anilines is 3. The zero-order valence-corrected chi connectivity index (χ0v) is 20.8. The number of carbonyl (C=O) groups excluding carboxylic acids is 1. The molecular weight excluding hydrogens is 490 g/mol. The van der Waals surface area contributed by atoms with Gasteiger partial charge in [-0.05, 0) is 37.8 Å². The van der Waals surface area contributed by atoms with Gasteiger partial charge in [0.25, 0.3) is 0 Å². The van der Waals surface area contributed by atoms with Crippen LogP contribution < -0.4 is 20.7 Å². The van der Waals surface area contributed by atoms with Crippen LogP contribution in [0.3, 0.4) is 0 Å². The number of nitriles is 1. The van der Waals surface area contributed by atoms with Gasteiger partial charge in [0.05, 0.1) is 32.6 Å². The molecular formula is C25H27N9O4. The Kier molecular flexibility index (Phi) is 7.70. The number of carbonyl (C=O) groups is 1. The minimum atomic E-state index is -0.541. The van der Waals surface area contributed by atoms with Gasteiger partial charge in [-0.1, -0.05) is 0 Å². The van der Waals surface area contributed by atoms with Gasteiger partial charge in [0.15, 0.2) is 0 Å². The van der Waals surface area contributed by atoms with E-state index >= 15 is 0 Å². The van der Waals surface area contributed by atoms with E-state index in [1.165, 1.54) is 13.3 Å². The van der Waals surface area contributed by atoms with Crippen molar-refractivity contribution >= 4 is 23.7 Å². The third-order valence-electron chi connectivity index (χ3n) is 6.31. The van der Waals surface area contributed by atoms with Gasteiger partial charge in [-0.2, -0.15) is 10.2 Å². The quantitative estimate of drug-likeness (QED) is 0.400. The van der Waals surface area contributed by atoms with Crippen molar-refractivity contribution in [2.24, 2.45) is 0 Å². The Bertz CT molecular complexity index is 1290. The number of nitrogens with zero attached hydrogens (tertiary/aromatic N) is 6. The van der Waals surface area contributed by atoms with Crippen LogP contribution in [-0.2, 0) is 9.47 Å². The summed E-state index contributed by atoms with van der Waals surface area (Å²) in [6, 6.07) is 6.20. The van der Waals surface area contributed by atoms with Gasteiger partial charge in [-0.15, -0.1) is 0 Å². The summed E-state index contributed by atoms with van der Waals surface area (Å²) < 4.78 is 15.7. The van der Waals surface area contributed by atoms with E-state index < -0.39 is 6.09 Å². The van der Waals surface area contributed by atoms with Crippen LogP contribution in [0.5, 0.6) is 6.01 Å². The second-order valence-corrected chi connectivity index (χ2v) is 8.99. The number of aromatic nitrogens is 5. The molecule has 0 aromatic carbocycles. The molecule has 0 unspecified atom stereocenters. The first-order valence-corrected chi connectivity index (χ1v) is 12.3. The molecule has 13 heteroatoms. The lowest BCUT2D eigenvalue weighted by atomic mass is 9.93. The Morgan fingerprint density at radius 2 is 1.74 bits per heavy atom. The molecule has 1 aliphatic heterocycles. The van der Waals surface area contributed by atoms with E-state index in [-0.39, 0.29) is 24.2 Å². The number of nitrogens with one attached hydrogen (secondary N) is 3. The topological polar surface area (TPSA) is 169 Å². The molecule has 3 N–H and O–H groups in total. The fraction of sp³-hybridized carbons (Fsp3) is 0.400. The van der Waals surface area contributed by atoms with Crippen molar-refractivity contribution in [3.63, 3.8) is 0 Å². The van der Waals surface area contributed by atoms with Crippen LogP contribution in [0.1, 0.15) is 31.2 Å². The molecule has 0 atom stereocenters. The SMILES string of the molecule is COc1ncc(-c2ccc(NC(=O)O[C@H]3CC[C@H](Nc4ncc(C#N)c(NC5COC5)n4)CC3)nc2)cn1. The molecule has 0 bridgehead atoms. The molecule has 2 aliphatic rings. The number of pyridine rings is 1. The third kappa shape index (κ3) is 6.22. The lowest BCUT2D eigenvalue weighted by Gasteiger charge is -2.29. The van der Waals surface area contributed by atoms with Gasteiger partial charge < -0.3 is 24.8 Å². The predicted octanol–water partition coefficient (Wildman–Crippen LogP) is 2.99. The Labute approximate surface area is 219 Å². The number of amides is 1. The summed E-state index contributed by atoms with van der Waals surface area (Å²) in [5.74, 6) is 1.36. The van der Waals surface area contributed by atoms with Crippen LogP contribution in [0.2, 0.25) is 0 Å². The van der Waals surface area contributed by atoms with Crippen LogP contribution >= 0.6 is 0 Å². The zero-order chi connectivity index (χ0) is 26.3. The van der Waals surface area contributed by atoms with Gasteiger partial charge >= 0.3 is 12.1 Å². The molecule has 196 valence electrons. The fourth-order valence-corrected chi connectivity index (χ4v) is 4.16. The molecule has 5 rings (SSSR count). The molecule has 0 spiro atoms. The minimum Gasteiger partial charge on any atom is -0.467 e. The molecule has 1 saturated carbocycles. The Balaban J connectivity index is 1.08. The van der Waals surface area contributed by atoms with E-state index in [9.17, 15) is 10.1 Å². The molecule has 38 heavy (non-hydrogen) atoms. The van der Waals surface area contributed by atoms with Gasteiger partial charge in [0.1, 0.15) is 29.4 Å². The number of hydrogen-bond acceptors (Lipinski definition) is 12. The van der Waals surface area contributed by atoms with Crippen LogP contribution in [-0.4, -0.2) is 69.5 Å². The van der Waals surface area contributed by atoms with Crippen molar-refractivity contribution in [2.45, 2.75) is 43.9 Å². The van der Waals surface area contributed by atoms with Gasteiger partial charge in [-0.25, -0.2) is 24.7 Å². The largest absolute Gasteiger partial charge is 0.467 e. The second kappa shape index (κ2) is 11.7. The standard InChI is InChI=1S/C25H27N9O4/c1-36-24-29-11-17(12-30-24)15-2-7-21(27-9-15)33-25(35)38-20-5-3-18(4-6-20)32-23-28-10-16(8-26)22(34-23)31-19-13-37-14-19/h2,7,9-12,18-20H,3-6,13-14H2,1H3,(H,27,33,35)(H2,28,31,32,34)/t18-,20-. The maximum Gasteiger partial charge on any atom is 0.413 e. The van der Waals surface area contributed by atoms with E-state index in [1.54, 1.807) is 24.7 Å². The summed E-state index contributed by atoms with van der Waals surface area (Å²) in [5, 5.41) is 18.6. The third-order valence-corrected chi connectivity index (χ3v) is 6.31. The van der Waals surface area contributed by atoms with E-state index in [1.807, 2.05) is 6.07 Å². The summed E-state index contributed by atoms with van der Waals surface area (Å²) >= 11 is 0. The summed E-state index contributed by atoms with van der Waals surface area (Å²) in [6.45, 7) is 1.19. The summed E-state index contributed by atoms with van der Waals surface area (Å²) in [7, 11) is 1.51. The van der Waals surface area contributed by atoms with Crippen LogP contribution in [0.15, 0.2) is 36.9 Å². The van der Waals surface area contributed by atoms with E-state index in [0.29, 0.717) is 49.2 Å². The first kappa shape index (κ1) is 25.1. The molecule has 2 fully saturated rings. The normalized spacial score (nSPS) is 18.9. The minimum absolute atomic E-state index is 0.141. The Morgan fingerprint density at radius 3 is 2.37 bits per heavy atom. The lowest BCUT2D eigenvalue weighted by molar-refractivity contribution is 0.0209. The number of hydrogen-bond donors (Lipinski definition) is 3. The molecule has 1 saturated heterocycles. The monoisotopic (exact) mass is 517 g/mol. The summed E-state index contributed by atoms with van der Waals surface area (Å²) in [5.41, 5.74) is 1.98. The first-order valence-electron chi connectivity index (χ1n) is 12.3. The van der Waals surface area contributed by atoms with E-state index in [2.05, 4.69) is 46.9 Å². The maximum absolute atomic E-state index is 12.4. The van der Waals surface area contributed by atoms with Crippen LogP contribution in [0.25, 0.3) is 11.1 Å². The van der Waals surface area contributed by atoms with Crippen molar-refractivity contribution in [3.05, 3.63) is 42.5 Å². The molecule has 3 aromatic heterocycles. The molecule has 0 radical (unpaired) electrons. The highest BCUT2D eigenvalue weighted by Crippen LogP contribution is 2.25. The van der Waals surface area contributed by atoms with Crippen molar-refractivity contribution in [3.8, 4) is 23.2 Å². The number of ether oxygens (including phenoxy) is 3. The molecule has 3 aromatic rings. The first-order chi connectivity index (χ1) is 18.6. The summed E-state index contributed by atoms with van der Waals surface area (Å²) in [6.07, 6.45) is 8.68. The highest BCUT2D eigenvalue weighted by Gasteiger charge is 2.25. The zero-order valence-electron chi connectivity index (χ0n) is 20.8. The number of rotatable bonds is 8. The molecule has 1 aliphatic carbocycles. The van der Waals surface area contributed by atoms with Crippen molar-refractivity contribution < 1.29 is 19.0 Å². The molecule has 13 nitrogen and oxygen atoms in total. The second-order valence-electron chi connectivity index (χ2n) is 8.99. The van der Waals surface area contributed by atoms with Crippen molar-refractivity contribution in [1.82, 2.24) is 24.9 Å². The average Bonchev–Trinajstić information content (AvgIpc) is 2.92. The average molecular weight is 518 g/mol. The lowest BCUT2D eigenvalue weighted by Crippen LogP contribution is -2.40. The van der Waals surface area contributed by atoms with Crippen molar-refractivity contribution in [1.29, 1.82) is 5.26 Å². The summed E-state index contributed by atoms with van der Waals surface area (Å²) in [4.78, 5) is 33.6. The predicted molar refractivity (Wildman–Crippen MR) is 137 cm³/mol. The van der Waals surface area contributed by atoms with E-state index in [4.69, 9.17) is 14.2 Å². The van der Waals surface area contributed by atoms with Gasteiger partial charge in [0, 0.05) is 35.8 Å². The van der Waals surface area contributed by atoms with Gasteiger partial charge in [0.2, 0.25) is 5.95 Å². The smallest absolute Gasteiger partial charge is 0.413 e. The Hall–Kier alpha value is -4.57. The highest BCUT2D eigenvalue weighted by molar-refractivity contribution is 5.83.